The van der Waals surface area contributed by atoms with Crippen molar-refractivity contribution in [3.63, 3.8) is 0 Å². The maximum absolute atomic E-state index is 11.3. The highest BCUT2D eigenvalue weighted by molar-refractivity contribution is 5.93. The van der Waals surface area contributed by atoms with Crippen LogP contribution in [-0.2, 0) is 9.59 Å². The van der Waals surface area contributed by atoms with Crippen molar-refractivity contribution in [1.29, 1.82) is 0 Å². The zero-order valence-corrected chi connectivity index (χ0v) is 12.6. The van der Waals surface area contributed by atoms with Crippen molar-refractivity contribution in [3.05, 3.63) is 58.3 Å². The van der Waals surface area contributed by atoms with E-state index in [1.165, 1.54) is 0 Å². The monoisotopic (exact) mass is 326 g/mol. The molecule has 0 saturated heterocycles. The van der Waals surface area contributed by atoms with Crippen LogP contribution in [0.2, 0.25) is 0 Å². The maximum atomic E-state index is 11.3. The summed E-state index contributed by atoms with van der Waals surface area (Å²) in [6, 6.07) is 14.1. The van der Waals surface area contributed by atoms with Crippen molar-refractivity contribution in [2.24, 2.45) is 10.4 Å². The van der Waals surface area contributed by atoms with Gasteiger partial charge in [0.1, 0.15) is 0 Å². The van der Waals surface area contributed by atoms with E-state index in [1.807, 2.05) is 24.3 Å². The fraction of sp³-hybridized carbons (Fsp3) is 0.125. The summed E-state index contributed by atoms with van der Waals surface area (Å²) < 4.78 is 0. The normalized spacial score (nSPS) is 9.83. The van der Waals surface area contributed by atoms with Gasteiger partial charge in [-0.25, -0.2) is 0 Å². The average Bonchev–Trinajstić information content (AvgIpc) is 2.57. The van der Waals surface area contributed by atoms with Crippen molar-refractivity contribution in [3.8, 4) is 11.1 Å². The lowest BCUT2D eigenvalue weighted by Gasteiger charge is -2.07. The van der Waals surface area contributed by atoms with Gasteiger partial charge in [0.25, 0.3) is 0 Å². The summed E-state index contributed by atoms with van der Waals surface area (Å²) in [6.45, 7) is -0.844. The molecule has 0 aliphatic rings. The van der Waals surface area contributed by atoms with Gasteiger partial charge in [0, 0.05) is 11.4 Å². The van der Waals surface area contributed by atoms with Gasteiger partial charge in [-0.2, -0.15) is 9.81 Å². The first-order valence-corrected chi connectivity index (χ1v) is 7.01. The van der Waals surface area contributed by atoms with Gasteiger partial charge >= 0.3 is 0 Å². The number of hydrogen-bond donors (Lipinski definition) is 2. The van der Waals surface area contributed by atoms with E-state index in [0.29, 0.717) is 11.4 Å². The lowest BCUT2D eigenvalue weighted by molar-refractivity contribution is -0.115. The Morgan fingerprint density at radius 2 is 1.00 bits per heavy atom. The molecular weight excluding hydrogens is 312 g/mol. The van der Waals surface area contributed by atoms with Gasteiger partial charge in [-0.3, -0.25) is 9.59 Å². The second kappa shape index (κ2) is 8.28. The minimum Gasteiger partial charge on any atom is -0.324 e. The third-order valence-electron chi connectivity index (χ3n) is 3.09. The van der Waals surface area contributed by atoms with Crippen molar-refractivity contribution in [1.82, 2.24) is 0 Å². The lowest BCUT2D eigenvalue weighted by Crippen LogP contribution is -2.14. The van der Waals surface area contributed by atoms with E-state index in [-0.39, 0.29) is 0 Å². The molecule has 2 aromatic carbocycles. The Morgan fingerprint density at radius 3 is 1.29 bits per heavy atom. The molecule has 0 radical (unpaired) electrons. The van der Waals surface area contributed by atoms with Crippen molar-refractivity contribution < 1.29 is 9.59 Å². The Bertz CT molecular complexity index is 676. The number of nitrogens with zero attached hydrogens (tertiary/aromatic N) is 2. The molecule has 2 aromatic rings. The molecule has 122 valence electrons. The first kappa shape index (κ1) is 16.9. The second-order valence-electron chi connectivity index (χ2n) is 4.83. The van der Waals surface area contributed by atoms with Gasteiger partial charge in [-0.05, 0) is 35.4 Å². The molecule has 24 heavy (non-hydrogen) atoms. The van der Waals surface area contributed by atoms with Crippen LogP contribution in [0.25, 0.3) is 11.1 Å². The van der Waals surface area contributed by atoms with Gasteiger partial charge in [0.2, 0.25) is 11.8 Å². The van der Waals surface area contributed by atoms with Crippen LogP contribution in [0.3, 0.4) is 0 Å². The average molecular weight is 326 g/mol. The van der Waals surface area contributed by atoms with Gasteiger partial charge in [0.15, 0.2) is 13.1 Å². The van der Waals surface area contributed by atoms with Gasteiger partial charge in [-0.15, -0.1) is 0 Å². The second-order valence-corrected chi connectivity index (χ2v) is 4.83. The molecule has 0 spiro atoms. The maximum Gasteiger partial charge on any atom is 0.249 e. The summed E-state index contributed by atoms with van der Waals surface area (Å²) in [7, 11) is 0. The number of nitrogens with one attached hydrogen (secondary N) is 2. The van der Waals surface area contributed by atoms with Gasteiger partial charge < -0.3 is 10.6 Å². The number of carbonyl (C=O) groups is 2. The third kappa shape index (κ3) is 4.80. The van der Waals surface area contributed by atoms with E-state index in [0.717, 1.165) is 11.1 Å². The number of benzene rings is 2. The van der Waals surface area contributed by atoms with Gasteiger partial charge in [-0.1, -0.05) is 34.6 Å². The molecule has 8 nitrogen and oxygen atoms in total. The topological polar surface area (TPSA) is 117 Å². The van der Waals surface area contributed by atoms with Crippen LogP contribution < -0.4 is 10.6 Å². The van der Waals surface area contributed by atoms with E-state index in [4.69, 9.17) is 0 Å². The molecule has 0 atom stereocenters. The van der Waals surface area contributed by atoms with E-state index < -0.39 is 24.9 Å². The lowest BCUT2D eigenvalue weighted by atomic mass is 10.0. The van der Waals surface area contributed by atoms with Crippen LogP contribution in [0.15, 0.2) is 58.9 Å². The zero-order chi connectivity index (χ0) is 17.4. The van der Waals surface area contributed by atoms with E-state index >= 15 is 0 Å². The number of hydrogen-bond acceptors (Lipinski definition) is 6. The largest absolute Gasteiger partial charge is 0.324 e. The number of carbonyl (C=O) groups excluding carboxylic acids is 2. The highest BCUT2D eigenvalue weighted by Crippen LogP contribution is 2.23. The molecule has 0 bridgehead atoms. The predicted molar refractivity (Wildman–Crippen MR) is 90.5 cm³/mol. The van der Waals surface area contributed by atoms with E-state index in [1.54, 1.807) is 24.3 Å². The third-order valence-corrected chi connectivity index (χ3v) is 3.09. The molecule has 0 aromatic heterocycles. The summed E-state index contributed by atoms with van der Waals surface area (Å²) >= 11 is 0. The molecule has 0 aliphatic heterocycles. The molecule has 0 fully saturated rings. The van der Waals surface area contributed by atoms with Crippen LogP contribution in [0.1, 0.15) is 0 Å². The molecule has 8 heteroatoms. The van der Waals surface area contributed by atoms with Crippen LogP contribution in [-0.4, -0.2) is 24.9 Å². The molecular formula is C16H14N4O4. The van der Waals surface area contributed by atoms with Gasteiger partial charge in [0.05, 0.1) is 0 Å². The fourth-order valence-electron chi connectivity index (χ4n) is 2.01. The standard InChI is InChI=1S/C16H14N4O4/c21-15(9-17-23)19-13-5-1-11(2-6-13)12-3-7-14(8-4-12)20-16(22)10-18-24/h1-8H,9-10H2,(H,19,21)(H,20,22). The molecule has 0 unspecified atom stereocenters. The quantitative estimate of drug-likeness (QED) is 0.761. The molecule has 0 aliphatic carbocycles. The molecule has 0 heterocycles. The van der Waals surface area contributed by atoms with Crippen molar-refractivity contribution >= 4 is 23.2 Å². The number of amides is 2. The highest BCUT2D eigenvalue weighted by Gasteiger charge is 2.04. The predicted octanol–water partition coefficient (Wildman–Crippen LogP) is 2.76. The summed E-state index contributed by atoms with van der Waals surface area (Å²) in [5.41, 5.74) is 2.96. The Balaban J connectivity index is 2.03. The number of anilines is 2. The minimum atomic E-state index is -0.470. The minimum absolute atomic E-state index is 0.422. The smallest absolute Gasteiger partial charge is 0.249 e. The summed E-state index contributed by atoms with van der Waals surface area (Å²) in [5, 5.41) is 10.1. The van der Waals surface area contributed by atoms with E-state index in [2.05, 4.69) is 21.0 Å². The van der Waals surface area contributed by atoms with Crippen LogP contribution >= 0.6 is 0 Å². The summed E-state index contributed by atoms with van der Waals surface area (Å²) in [5.74, 6) is -0.940. The Hall–Kier alpha value is -3.42. The Kier molecular flexibility index (Phi) is 5.84. The van der Waals surface area contributed by atoms with Crippen LogP contribution in [0.4, 0.5) is 11.4 Å². The number of nitroso groups, excluding NO2 is 2. The Labute approximate surface area is 137 Å². The fourth-order valence-corrected chi connectivity index (χ4v) is 2.01. The molecule has 2 N–H and O–H groups in total. The van der Waals surface area contributed by atoms with Crippen molar-refractivity contribution in [2.45, 2.75) is 0 Å². The summed E-state index contributed by atoms with van der Waals surface area (Å²) in [4.78, 5) is 42.6. The summed E-state index contributed by atoms with van der Waals surface area (Å²) in [6.07, 6.45) is 0. The highest BCUT2D eigenvalue weighted by atomic mass is 16.3. The Morgan fingerprint density at radius 1 is 0.667 bits per heavy atom. The number of rotatable bonds is 7. The SMILES string of the molecule is O=NCC(=O)Nc1ccc(-c2ccc(NC(=O)CN=O)cc2)cc1. The first-order chi connectivity index (χ1) is 11.6. The molecule has 2 rings (SSSR count). The van der Waals surface area contributed by atoms with E-state index in [9.17, 15) is 19.4 Å². The first-order valence-electron chi connectivity index (χ1n) is 7.01. The zero-order valence-electron chi connectivity index (χ0n) is 12.6. The molecule has 0 saturated carbocycles. The van der Waals surface area contributed by atoms with Crippen LogP contribution in [0, 0.1) is 9.81 Å². The molecule has 2 amide bonds. The van der Waals surface area contributed by atoms with Crippen molar-refractivity contribution in [2.75, 3.05) is 23.7 Å². The van der Waals surface area contributed by atoms with Crippen LogP contribution in [0.5, 0.6) is 0 Å².